The van der Waals surface area contributed by atoms with E-state index in [-0.39, 0.29) is 0 Å². The Morgan fingerprint density at radius 1 is 1.14 bits per heavy atom. The molecule has 0 saturated carbocycles. The molecule has 0 saturated heterocycles. The number of hydrogen-bond donors (Lipinski definition) is 2. The van der Waals surface area contributed by atoms with Gasteiger partial charge in [0.25, 0.3) is 0 Å². The lowest BCUT2D eigenvalue weighted by Crippen LogP contribution is -1.94. The number of ether oxygens (including phenoxy) is 1. The number of nitrogen functional groups attached to an aromatic ring is 1. The highest BCUT2D eigenvalue weighted by atomic mass is 16.5. The highest BCUT2D eigenvalue weighted by Gasteiger charge is 1.95. The Balaban J connectivity index is 1.95. The molecule has 0 aliphatic heterocycles. The first-order chi connectivity index (χ1) is 6.84. The van der Waals surface area contributed by atoms with Crippen molar-refractivity contribution in [3.05, 3.63) is 48.3 Å². The van der Waals surface area contributed by atoms with Crippen molar-refractivity contribution in [3.63, 3.8) is 0 Å². The van der Waals surface area contributed by atoms with Gasteiger partial charge in [0.05, 0.1) is 0 Å². The minimum Gasteiger partial charge on any atom is -0.487 e. The third-order valence-electron chi connectivity index (χ3n) is 1.95. The number of aromatic amines is 1. The summed E-state index contributed by atoms with van der Waals surface area (Å²) in [4.78, 5) is 2.93. The van der Waals surface area contributed by atoms with Gasteiger partial charge in [0.1, 0.15) is 12.4 Å². The third kappa shape index (κ3) is 2.07. The quantitative estimate of drug-likeness (QED) is 0.725. The standard InChI is InChI=1S/C11H12N2O/c12-10-3-1-9(2-4-10)8-14-11-5-6-13-7-11/h1-7,13H,8,12H2. The largest absolute Gasteiger partial charge is 0.487 e. The van der Waals surface area contributed by atoms with E-state index in [1.54, 1.807) is 0 Å². The summed E-state index contributed by atoms with van der Waals surface area (Å²) in [5.41, 5.74) is 7.46. The van der Waals surface area contributed by atoms with E-state index in [4.69, 9.17) is 10.5 Å². The molecule has 0 aliphatic carbocycles. The fraction of sp³-hybridized carbons (Fsp3) is 0.0909. The van der Waals surface area contributed by atoms with Crippen LogP contribution in [0.3, 0.4) is 0 Å². The Morgan fingerprint density at radius 2 is 1.93 bits per heavy atom. The van der Waals surface area contributed by atoms with E-state index in [1.807, 2.05) is 42.7 Å². The molecule has 0 fully saturated rings. The van der Waals surface area contributed by atoms with Crippen molar-refractivity contribution in [2.45, 2.75) is 6.61 Å². The Labute approximate surface area is 82.5 Å². The van der Waals surface area contributed by atoms with Crippen LogP contribution in [0.2, 0.25) is 0 Å². The first-order valence-electron chi connectivity index (χ1n) is 4.44. The van der Waals surface area contributed by atoms with Gasteiger partial charge in [-0.3, -0.25) is 0 Å². The molecule has 14 heavy (non-hydrogen) atoms. The highest BCUT2D eigenvalue weighted by Crippen LogP contribution is 2.11. The molecule has 3 heteroatoms. The summed E-state index contributed by atoms with van der Waals surface area (Å²) in [6, 6.07) is 9.55. The Hall–Kier alpha value is -1.90. The van der Waals surface area contributed by atoms with E-state index in [1.165, 1.54) is 0 Å². The molecule has 1 aromatic carbocycles. The van der Waals surface area contributed by atoms with Crippen LogP contribution in [0, 0.1) is 0 Å². The van der Waals surface area contributed by atoms with Crippen molar-refractivity contribution in [1.82, 2.24) is 4.98 Å². The fourth-order valence-electron chi connectivity index (χ4n) is 1.18. The molecule has 2 rings (SSSR count). The summed E-state index contributed by atoms with van der Waals surface area (Å²) in [6.07, 6.45) is 3.65. The second kappa shape index (κ2) is 3.87. The number of nitrogens with one attached hydrogen (secondary N) is 1. The van der Waals surface area contributed by atoms with E-state index in [0.717, 1.165) is 17.0 Å². The summed E-state index contributed by atoms with van der Waals surface area (Å²) in [6.45, 7) is 0.568. The van der Waals surface area contributed by atoms with E-state index in [9.17, 15) is 0 Å². The minimum atomic E-state index is 0.568. The zero-order valence-electron chi connectivity index (χ0n) is 7.73. The smallest absolute Gasteiger partial charge is 0.137 e. The van der Waals surface area contributed by atoms with Gasteiger partial charge in [0, 0.05) is 18.1 Å². The molecule has 1 heterocycles. The topological polar surface area (TPSA) is 51.0 Å². The maximum Gasteiger partial charge on any atom is 0.137 e. The fourth-order valence-corrected chi connectivity index (χ4v) is 1.18. The van der Waals surface area contributed by atoms with Crippen LogP contribution in [-0.4, -0.2) is 4.98 Å². The lowest BCUT2D eigenvalue weighted by atomic mass is 10.2. The second-order valence-corrected chi connectivity index (χ2v) is 3.08. The number of anilines is 1. The Bertz CT molecular complexity index is 378. The molecule has 2 aromatic rings. The van der Waals surface area contributed by atoms with Crippen molar-refractivity contribution >= 4 is 5.69 Å². The van der Waals surface area contributed by atoms with Crippen LogP contribution in [0.5, 0.6) is 5.75 Å². The van der Waals surface area contributed by atoms with Gasteiger partial charge in [-0.1, -0.05) is 12.1 Å². The third-order valence-corrected chi connectivity index (χ3v) is 1.95. The van der Waals surface area contributed by atoms with E-state index >= 15 is 0 Å². The number of aromatic nitrogens is 1. The van der Waals surface area contributed by atoms with Crippen molar-refractivity contribution in [2.24, 2.45) is 0 Å². The van der Waals surface area contributed by atoms with Crippen LogP contribution < -0.4 is 10.5 Å². The van der Waals surface area contributed by atoms with Gasteiger partial charge in [-0.15, -0.1) is 0 Å². The molecule has 0 atom stereocenters. The molecule has 3 N–H and O–H groups in total. The number of H-pyrrole nitrogens is 1. The maximum atomic E-state index is 5.57. The predicted molar refractivity (Wildman–Crippen MR) is 56.0 cm³/mol. The summed E-state index contributed by atoms with van der Waals surface area (Å²) in [7, 11) is 0. The SMILES string of the molecule is Nc1ccc(COc2cc[nH]c2)cc1. The van der Waals surface area contributed by atoms with Gasteiger partial charge in [-0.05, 0) is 23.8 Å². The Morgan fingerprint density at radius 3 is 2.57 bits per heavy atom. The van der Waals surface area contributed by atoms with Gasteiger partial charge in [-0.2, -0.15) is 0 Å². The summed E-state index contributed by atoms with van der Waals surface area (Å²) >= 11 is 0. The van der Waals surface area contributed by atoms with Crippen LogP contribution in [0.1, 0.15) is 5.56 Å². The number of hydrogen-bond acceptors (Lipinski definition) is 2. The van der Waals surface area contributed by atoms with Gasteiger partial charge in [-0.25, -0.2) is 0 Å². The number of rotatable bonds is 3. The monoisotopic (exact) mass is 188 g/mol. The first-order valence-corrected chi connectivity index (χ1v) is 4.44. The molecule has 3 nitrogen and oxygen atoms in total. The minimum absolute atomic E-state index is 0.568. The van der Waals surface area contributed by atoms with Crippen LogP contribution in [-0.2, 0) is 6.61 Å². The molecule has 72 valence electrons. The predicted octanol–water partition coefficient (Wildman–Crippen LogP) is 2.18. The molecule has 0 amide bonds. The van der Waals surface area contributed by atoms with Crippen molar-refractivity contribution in [2.75, 3.05) is 5.73 Å². The molecule has 0 spiro atoms. The lowest BCUT2D eigenvalue weighted by molar-refractivity contribution is 0.306. The van der Waals surface area contributed by atoms with Gasteiger partial charge in [0.15, 0.2) is 0 Å². The van der Waals surface area contributed by atoms with Crippen molar-refractivity contribution in [3.8, 4) is 5.75 Å². The second-order valence-electron chi connectivity index (χ2n) is 3.08. The molecule has 0 bridgehead atoms. The van der Waals surface area contributed by atoms with Gasteiger partial charge in [0.2, 0.25) is 0 Å². The molecule has 0 aliphatic rings. The average Bonchev–Trinajstić information content (AvgIpc) is 2.70. The van der Waals surface area contributed by atoms with Crippen LogP contribution in [0.4, 0.5) is 5.69 Å². The zero-order valence-corrected chi connectivity index (χ0v) is 7.73. The number of nitrogens with two attached hydrogens (primary N) is 1. The molecular weight excluding hydrogens is 176 g/mol. The van der Waals surface area contributed by atoms with Crippen LogP contribution >= 0.6 is 0 Å². The highest BCUT2D eigenvalue weighted by molar-refractivity contribution is 5.39. The van der Waals surface area contributed by atoms with E-state index < -0.39 is 0 Å². The molecule has 1 aromatic heterocycles. The van der Waals surface area contributed by atoms with E-state index in [2.05, 4.69) is 4.98 Å². The lowest BCUT2D eigenvalue weighted by Gasteiger charge is -2.03. The number of benzene rings is 1. The molecule has 0 radical (unpaired) electrons. The molecular formula is C11H12N2O. The summed E-state index contributed by atoms with van der Waals surface area (Å²) in [5.74, 6) is 0.849. The van der Waals surface area contributed by atoms with Crippen molar-refractivity contribution in [1.29, 1.82) is 0 Å². The summed E-state index contributed by atoms with van der Waals surface area (Å²) in [5, 5.41) is 0. The summed E-state index contributed by atoms with van der Waals surface area (Å²) < 4.78 is 5.50. The van der Waals surface area contributed by atoms with Gasteiger partial charge < -0.3 is 15.5 Å². The maximum absolute atomic E-state index is 5.57. The Kier molecular flexibility index (Phi) is 2.40. The van der Waals surface area contributed by atoms with Gasteiger partial charge >= 0.3 is 0 Å². The average molecular weight is 188 g/mol. The normalized spacial score (nSPS) is 10.0. The zero-order chi connectivity index (χ0) is 9.80. The van der Waals surface area contributed by atoms with Crippen molar-refractivity contribution < 1.29 is 4.74 Å². The van der Waals surface area contributed by atoms with E-state index in [0.29, 0.717) is 6.61 Å². The van der Waals surface area contributed by atoms with Crippen LogP contribution in [0.25, 0.3) is 0 Å². The molecule has 0 unspecified atom stereocenters. The van der Waals surface area contributed by atoms with Crippen LogP contribution in [0.15, 0.2) is 42.7 Å². The first kappa shape index (κ1) is 8.69.